The molecule has 0 radical (unpaired) electrons. The first-order valence-corrected chi connectivity index (χ1v) is 14.1. The molecule has 1 saturated heterocycles. The lowest BCUT2D eigenvalue weighted by Crippen LogP contribution is -2.30. The average Bonchev–Trinajstić information content (AvgIpc) is 2.80. The van der Waals surface area contributed by atoms with E-state index in [1.54, 1.807) is 24.3 Å². The van der Waals surface area contributed by atoms with Crippen molar-refractivity contribution in [3.05, 3.63) is 65.2 Å². The first kappa shape index (κ1) is 24.2. The zero-order chi connectivity index (χ0) is 22.4. The summed E-state index contributed by atoms with van der Waals surface area (Å²) < 4.78 is 27.2. The van der Waals surface area contributed by atoms with E-state index in [2.05, 4.69) is 5.32 Å². The topological polar surface area (TPSA) is 66.5 Å². The fourth-order valence-electron chi connectivity index (χ4n) is 3.48. The van der Waals surface area contributed by atoms with Gasteiger partial charge in [0.1, 0.15) is 0 Å². The number of carbonyl (C=O) groups excluding carboxylic acids is 1. The van der Waals surface area contributed by atoms with Crippen molar-refractivity contribution in [3.8, 4) is 0 Å². The van der Waals surface area contributed by atoms with E-state index in [1.807, 2.05) is 68.6 Å². The van der Waals surface area contributed by atoms with Crippen molar-refractivity contribution < 1.29 is 13.2 Å². The second-order valence-electron chi connectivity index (χ2n) is 7.40. The lowest BCUT2D eigenvalue weighted by Gasteiger charge is -2.21. The van der Waals surface area contributed by atoms with Gasteiger partial charge in [-0.05, 0) is 60.2 Å². The molecule has 0 bridgehead atoms. The minimum Gasteiger partial charge on any atom is -0.346 e. The van der Waals surface area contributed by atoms with Crippen LogP contribution >= 0.6 is 23.5 Å². The van der Waals surface area contributed by atoms with E-state index < -0.39 is 10.0 Å². The van der Waals surface area contributed by atoms with Gasteiger partial charge in [-0.1, -0.05) is 38.1 Å². The SMILES string of the molecule is CCN(CC)S(=O)(=O)c1ccc([C@H](C)NC(=O)c2ccc(C3SCCCS3)cc2)cc1. The summed E-state index contributed by atoms with van der Waals surface area (Å²) in [5.41, 5.74) is 2.74. The Kier molecular flexibility index (Phi) is 8.50. The normalized spacial score (nSPS) is 16.3. The lowest BCUT2D eigenvalue weighted by molar-refractivity contribution is 0.0940. The van der Waals surface area contributed by atoms with Gasteiger partial charge in [0.25, 0.3) is 5.91 Å². The molecule has 0 saturated carbocycles. The van der Waals surface area contributed by atoms with E-state index in [-0.39, 0.29) is 16.8 Å². The second-order valence-corrected chi connectivity index (χ2v) is 12.1. The van der Waals surface area contributed by atoms with E-state index in [4.69, 9.17) is 0 Å². The molecule has 0 aliphatic carbocycles. The highest BCUT2D eigenvalue weighted by molar-refractivity contribution is 8.16. The molecule has 0 unspecified atom stereocenters. The van der Waals surface area contributed by atoms with Crippen LogP contribution in [0.3, 0.4) is 0 Å². The summed E-state index contributed by atoms with van der Waals surface area (Å²) in [4.78, 5) is 13.0. The van der Waals surface area contributed by atoms with Crippen molar-refractivity contribution in [2.75, 3.05) is 24.6 Å². The van der Waals surface area contributed by atoms with E-state index in [0.29, 0.717) is 23.2 Å². The van der Waals surface area contributed by atoms with Crippen molar-refractivity contribution >= 4 is 39.5 Å². The number of nitrogens with one attached hydrogen (secondary N) is 1. The molecule has 1 aliphatic rings. The number of thioether (sulfide) groups is 2. The minimum absolute atomic E-state index is 0.136. The van der Waals surface area contributed by atoms with Gasteiger partial charge in [0.2, 0.25) is 10.0 Å². The number of hydrogen-bond acceptors (Lipinski definition) is 5. The Morgan fingerprint density at radius 3 is 2.16 bits per heavy atom. The van der Waals surface area contributed by atoms with Crippen LogP contribution in [0.25, 0.3) is 0 Å². The average molecular weight is 479 g/mol. The van der Waals surface area contributed by atoms with Crippen LogP contribution in [0.1, 0.15) is 59.3 Å². The third kappa shape index (κ3) is 5.86. The fourth-order valence-corrected chi connectivity index (χ4v) is 7.83. The first-order valence-electron chi connectivity index (χ1n) is 10.6. The van der Waals surface area contributed by atoms with Gasteiger partial charge in [0.15, 0.2) is 0 Å². The summed E-state index contributed by atoms with van der Waals surface area (Å²) in [6.07, 6.45) is 1.26. The number of nitrogens with zero attached hydrogens (tertiary/aromatic N) is 1. The highest BCUT2D eigenvalue weighted by Gasteiger charge is 2.22. The van der Waals surface area contributed by atoms with Gasteiger partial charge in [-0.2, -0.15) is 4.31 Å². The Bertz CT molecular complexity index is 966. The highest BCUT2D eigenvalue weighted by atomic mass is 32.2. The number of benzene rings is 2. The fraction of sp³-hybridized carbons (Fsp3) is 0.435. The van der Waals surface area contributed by atoms with Crippen molar-refractivity contribution in [1.82, 2.24) is 9.62 Å². The Morgan fingerprint density at radius 2 is 1.61 bits per heavy atom. The molecule has 5 nitrogen and oxygen atoms in total. The molecule has 3 rings (SSSR count). The Morgan fingerprint density at radius 1 is 1.03 bits per heavy atom. The molecule has 0 spiro atoms. The maximum atomic E-state index is 12.7. The highest BCUT2D eigenvalue weighted by Crippen LogP contribution is 2.43. The molecule has 1 fully saturated rings. The van der Waals surface area contributed by atoms with Crippen molar-refractivity contribution in [3.63, 3.8) is 0 Å². The van der Waals surface area contributed by atoms with Gasteiger partial charge < -0.3 is 5.32 Å². The first-order chi connectivity index (χ1) is 14.9. The van der Waals surface area contributed by atoms with Gasteiger partial charge in [0, 0.05) is 18.7 Å². The maximum Gasteiger partial charge on any atom is 0.251 e. The van der Waals surface area contributed by atoms with Gasteiger partial charge in [-0.25, -0.2) is 8.42 Å². The summed E-state index contributed by atoms with van der Waals surface area (Å²) in [6, 6.07) is 14.4. The van der Waals surface area contributed by atoms with Gasteiger partial charge in [-0.15, -0.1) is 23.5 Å². The predicted octanol–water partition coefficient (Wildman–Crippen LogP) is 5.08. The van der Waals surface area contributed by atoms with Gasteiger partial charge >= 0.3 is 0 Å². The van der Waals surface area contributed by atoms with E-state index >= 15 is 0 Å². The second kappa shape index (κ2) is 10.9. The largest absolute Gasteiger partial charge is 0.346 e. The number of carbonyl (C=O) groups is 1. The van der Waals surface area contributed by atoms with Gasteiger partial charge in [0.05, 0.1) is 15.5 Å². The minimum atomic E-state index is -3.48. The van der Waals surface area contributed by atoms with Crippen LogP contribution in [0.2, 0.25) is 0 Å². The van der Waals surface area contributed by atoms with Crippen LogP contribution in [0.4, 0.5) is 0 Å². The molecule has 2 aromatic rings. The van der Waals surface area contributed by atoms with Crippen LogP contribution in [-0.4, -0.2) is 43.2 Å². The summed E-state index contributed by atoms with van der Waals surface area (Å²) >= 11 is 3.92. The molecule has 1 N–H and O–H groups in total. The quantitative estimate of drug-likeness (QED) is 0.573. The molecule has 31 heavy (non-hydrogen) atoms. The van der Waals surface area contributed by atoms with Crippen LogP contribution in [0, 0.1) is 0 Å². The van der Waals surface area contributed by atoms with Crippen molar-refractivity contribution in [1.29, 1.82) is 0 Å². The van der Waals surface area contributed by atoms with Gasteiger partial charge in [-0.3, -0.25) is 4.79 Å². The zero-order valence-corrected chi connectivity index (χ0v) is 20.7. The summed E-state index contributed by atoms with van der Waals surface area (Å²) in [7, 11) is -3.48. The monoisotopic (exact) mass is 478 g/mol. The van der Waals surface area contributed by atoms with E-state index in [9.17, 15) is 13.2 Å². The Hall–Kier alpha value is -1.48. The van der Waals surface area contributed by atoms with Crippen LogP contribution in [0.5, 0.6) is 0 Å². The van der Waals surface area contributed by atoms with Crippen LogP contribution in [-0.2, 0) is 10.0 Å². The molecule has 1 heterocycles. The third-order valence-electron chi connectivity index (χ3n) is 5.34. The number of sulfonamides is 1. The van der Waals surface area contributed by atoms with Crippen LogP contribution < -0.4 is 5.32 Å². The maximum absolute atomic E-state index is 12.7. The predicted molar refractivity (Wildman–Crippen MR) is 131 cm³/mol. The number of amides is 1. The molecule has 1 aliphatic heterocycles. The third-order valence-corrected chi connectivity index (χ3v) is 10.4. The number of rotatable bonds is 8. The Balaban J connectivity index is 1.64. The smallest absolute Gasteiger partial charge is 0.251 e. The molecular weight excluding hydrogens is 448 g/mol. The molecular formula is C23H30N2O3S3. The molecule has 0 aromatic heterocycles. The number of hydrogen-bond donors (Lipinski definition) is 1. The van der Waals surface area contributed by atoms with Crippen LogP contribution in [0.15, 0.2) is 53.4 Å². The lowest BCUT2D eigenvalue weighted by atomic mass is 10.1. The molecule has 1 atom stereocenters. The molecule has 1 amide bonds. The van der Waals surface area contributed by atoms with Crippen molar-refractivity contribution in [2.45, 2.75) is 42.7 Å². The standard InChI is InChI=1S/C23H30N2O3S3/c1-4-25(5-2)31(27,28)21-13-11-18(12-14-21)17(3)24-22(26)19-7-9-20(10-8-19)23-29-15-6-16-30-23/h7-14,17,23H,4-6,15-16H2,1-3H3,(H,24,26)/t17-/m0/s1. The molecule has 2 aromatic carbocycles. The van der Waals surface area contributed by atoms with E-state index in [0.717, 1.165) is 5.56 Å². The summed E-state index contributed by atoms with van der Waals surface area (Å²) in [5, 5.41) is 3.01. The van der Waals surface area contributed by atoms with Crippen molar-refractivity contribution in [2.24, 2.45) is 0 Å². The molecule has 168 valence electrons. The Labute approximate surface area is 194 Å². The van der Waals surface area contributed by atoms with E-state index in [1.165, 1.54) is 27.8 Å². The zero-order valence-electron chi connectivity index (χ0n) is 18.2. The summed E-state index contributed by atoms with van der Waals surface area (Å²) in [5.74, 6) is 2.24. The molecule has 8 heteroatoms. The summed E-state index contributed by atoms with van der Waals surface area (Å²) in [6.45, 7) is 6.42.